The highest BCUT2D eigenvalue weighted by molar-refractivity contribution is 5.75. The van der Waals surface area contributed by atoms with Gasteiger partial charge in [-0.15, -0.1) is 0 Å². The van der Waals surface area contributed by atoms with Crippen LogP contribution in [0.4, 0.5) is 0 Å². The number of carbonyl (C=O) groups is 1. The molecule has 0 amide bonds. The molecular weight excluding hydrogens is 184 g/mol. The van der Waals surface area contributed by atoms with E-state index in [1.54, 1.807) is 0 Å². The second kappa shape index (κ2) is 4.00. The van der Waals surface area contributed by atoms with Crippen molar-refractivity contribution >= 4 is 5.97 Å². The Hall–Kier alpha value is -1.03. The Balaban J connectivity index is 2.02. The van der Waals surface area contributed by atoms with Crippen molar-refractivity contribution in [1.82, 2.24) is 0 Å². The van der Waals surface area contributed by atoms with Gasteiger partial charge in [-0.05, 0) is 25.3 Å². The van der Waals surface area contributed by atoms with E-state index in [4.69, 9.17) is 9.47 Å². The van der Waals surface area contributed by atoms with Crippen LogP contribution < -0.4 is 0 Å². The SMILES string of the molecule is COC(=O)C1COC2CCCC=C2O1. The van der Waals surface area contributed by atoms with Crippen molar-refractivity contribution in [2.45, 2.75) is 31.5 Å². The number of methoxy groups -OCH3 is 1. The van der Waals surface area contributed by atoms with E-state index in [-0.39, 0.29) is 12.1 Å². The average molecular weight is 198 g/mol. The molecule has 1 saturated heterocycles. The van der Waals surface area contributed by atoms with E-state index in [1.807, 2.05) is 6.08 Å². The quantitative estimate of drug-likeness (QED) is 0.590. The molecule has 2 aliphatic rings. The van der Waals surface area contributed by atoms with Crippen LogP contribution in [0.25, 0.3) is 0 Å². The van der Waals surface area contributed by atoms with E-state index < -0.39 is 6.10 Å². The summed E-state index contributed by atoms with van der Waals surface area (Å²) in [4.78, 5) is 11.2. The molecule has 4 nitrogen and oxygen atoms in total. The Morgan fingerprint density at radius 2 is 2.50 bits per heavy atom. The maximum Gasteiger partial charge on any atom is 0.349 e. The molecule has 0 aromatic carbocycles. The van der Waals surface area contributed by atoms with Crippen molar-refractivity contribution < 1.29 is 19.0 Å². The van der Waals surface area contributed by atoms with Crippen LogP contribution >= 0.6 is 0 Å². The minimum atomic E-state index is -0.583. The van der Waals surface area contributed by atoms with E-state index in [2.05, 4.69) is 4.74 Å². The fraction of sp³-hybridized carbons (Fsp3) is 0.700. The van der Waals surface area contributed by atoms with Crippen molar-refractivity contribution in [3.8, 4) is 0 Å². The van der Waals surface area contributed by atoms with Gasteiger partial charge in [0.1, 0.15) is 11.9 Å². The molecule has 2 rings (SSSR count). The number of hydrogen-bond donors (Lipinski definition) is 0. The normalized spacial score (nSPS) is 31.1. The minimum Gasteiger partial charge on any atom is -0.478 e. The lowest BCUT2D eigenvalue weighted by atomic mass is 10.0. The van der Waals surface area contributed by atoms with Gasteiger partial charge in [-0.3, -0.25) is 0 Å². The van der Waals surface area contributed by atoms with Gasteiger partial charge < -0.3 is 14.2 Å². The summed E-state index contributed by atoms with van der Waals surface area (Å²) in [6.07, 6.45) is 4.59. The highest BCUT2D eigenvalue weighted by Gasteiger charge is 2.33. The summed E-state index contributed by atoms with van der Waals surface area (Å²) in [5.41, 5.74) is 0. The smallest absolute Gasteiger partial charge is 0.349 e. The maximum atomic E-state index is 11.2. The molecule has 4 heteroatoms. The maximum absolute atomic E-state index is 11.2. The second-order valence-corrected chi connectivity index (χ2v) is 3.49. The molecule has 0 radical (unpaired) electrons. The third-order valence-corrected chi connectivity index (χ3v) is 2.52. The third kappa shape index (κ3) is 1.75. The van der Waals surface area contributed by atoms with Gasteiger partial charge >= 0.3 is 5.97 Å². The van der Waals surface area contributed by atoms with Gasteiger partial charge in [0, 0.05) is 0 Å². The van der Waals surface area contributed by atoms with E-state index in [1.165, 1.54) is 7.11 Å². The topological polar surface area (TPSA) is 44.8 Å². The van der Waals surface area contributed by atoms with Crippen molar-refractivity contribution in [3.05, 3.63) is 11.8 Å². The Bertz CT molecular complexity index is 259. The van der Waals surface area contributed by atoms with E-state index in [0.29, 0.717) is 6.61 Å². The summed E-state index contributed by atoms with van der Waals surface area (Å²) in [5, 5.41) is 0. The molecule has 0 aromatic heterocycles. The predicted molar refractivity (Wildman–Crippen MR) is 48.6 cm³/mol. The second-order valence-electron chi connectivity index (χ2n) is 3.49. The van der Waals surface area contributed by atoms with Gasteiger partial charge in [-0.2, -0.15) is 0 Å². The van der Waals surface area contributed by atoms with Crippen molar-refractivity contribution in [2.24, 2.45) is 0 Å². The average Bonchev–Trinajstić information content (AvgIpc) is 2.27. The Morgan fingerprint density at radius 3 is 3.29 bits per heavy atom. The fourth-order valence-electron chi connectivity index (χ4n) is 1.76. The van der Waals surface area contributed by atoms with Crippen LogP contribution in [0.15, 0.2) is 11.8 Å². The molecule has 1 aliphatic heterocycles. The number of ether oxygens (including phenoxy) is 3. The van der Waals surface area contributed by atoms with Crippen molar-refractivity contribution in [3.63, 3.8) is 0 Å². The van der Waals surface area contributed by atoms with Crippen LogP contribution in [0, 0.1) is 0 Å². The lowest BCUT2D eigenvalue weighted by Gasteiger charge is -2.33. The highest BCUT2D eigenvalue weighted by Crippen LogP contribution is 2.27. The first kappa shape index (κ1) is 9.52. The molecule has 0 N–H and O–H groups in total. The predicted octanol–water partition coefficient (Wildman–Crippen LogP) is 1.01. The van der Waals surface area contributed by atoms with Crippen LogP contribution in [-0.4, -0.2) is 31.9 Å². The van der Waals surface area contributed by atoms with Gasteiger partial charge in [-0.1, -0.05) is 0 Å². The largest absolute Gasteiger partial charge is 0.478 e. The van der Waals surface area contributed by atoms with Crippen LogP contribution in [-0.2, 0) is 19.0 Å². The Kier molecular flexibility index (Phi) is 2.72. The van der Waals surface area contributed by atoms with Crippen LogP contribution in [0.2, 0.25) is 0 Å². The Labute approximate surface area is 82.8 Å². The number of fused-ring (bicyclic) bond motifs is 1. The highest BCUT2D eigenvalue weighted by atomic mass is 16.6. The van der Waals surface area contributed by atoms with E-state index in [9.17, 15) is 4.79 Å². The molecule has 0 bridgehead atoms. The molecule has 0 aromatic rings. The van der Waals surface area contributed by atoms with Gasteiger partial charge in [-0.25, -0.2) is 4.79 Å². The molecule has 1 fully saturated rings. The van der Waals surface area contributed by atoms with Crippen molar-refractivity contribution in [1.29, 1.82) is 0 Å². The van der Waals surface area contributed by atoms with Gasteiger partial charge in [0.05, 0.1) is 13.7 Å². The molecule has 1 heterocycles. The van der Waals surface area contributed by atoms with Gasteiger partial charge in [0.25, 0.3) is 0 Å². The number of allylic oxidation sites excluding steroid dienone is 1. The third-order valence-electron chi connectivity index (χ3n) is 2.52. The molecular formula is C10H14O4. The lowest BCUT2D eigenvalue weighted by molar-refractivity contribution is -0.166. The van der Waals surface area contributed by atoms with E-state index in [0.717, 1.165) is 25.0 Å². The monoisotopic (exact) mass is 198 g/mol. The standard InChI is InChI=1S/C10H14O4/c1-12-10(11)9-6-13-7-4-2-3-5-8(7)14-9/h5,7,9H,2-4,6H2,1H3. The van der Waals surface area contributed by atoms with Crippen LogP contribution in [0.5, 0.6) is 0 Å². The molecule has 78 valence electrons. The molecule has 14 heavy (non-hydrogen) atoms. The fourth-order valence-corrected chi connectivity index (χ4v) is 1.76. The first-order valence-electron chi connectivity index (χ1n) is 4.87. The summed E-state index contributed by atoms with van der Waals surface area (Å²) >= 11 is 0. The first-order chi connectivity index (χ1) is 6.81. The summed E-state index contributed by atoms with van der Waals surface area (Å²) in [7, 11) is 1.35. The van der Waals surface area contributed by atoms with Gasteiger partial charge in [0.15, 0.2) is 0 Å². The number of esters is 1. The van der Waals surface area contributed by atoms with Crippen molar-refractivity contribution in [2.75, 3.05) is 13.7 Å². The first-order valence-corrected chi connectivity index (χ1v) is 4.87. The molecule has 0 saturated carbocycles. The van der Waals surface area contributed by atoms with Gasteiger partial charge in [0.2, 0.25) is 6.10 Å². The molecule has 0 spiro atoms. The summed E-state index contributed by atoms with van der Waals surface area (Å²) in [6.45, 7) is 0.300. The number of rotatable bonds is 1. The zero-order chi connectivity index (χ0) is 9.97. The van der Waals surface area contributed by atoms with Crippen LogP contribution in [0.1, 0.15) is 19.3 Å². The van der Waals surface area contributed by atoms with E-state index >= 15 is 0 Å². The number of hydrogen-bond acceptors (Lipinski definition) is 4. The minimum absolute atomic E-state index is 0.0599. The molecule has 2 atom stereocenters. The molecule has 1 aliphatic carbocycles. The zero-order valence-electron chi connectivity index (χ0n) is 8.19. The molecule has 2 unspecified atom stereocenters. The summed E-state index contributed by atoms with van der Waals surface area (Å²) in [5.74, 6) is 0.438. The summed E-state index contributed by atoms with van der Waals surface area (Å²) in [6, 6.07) is 0. The Morgan fingerprint density at radius 1 is 1.64 bits per heavy atom. The zero-order valence-corrected chi connectivity index (χ0v) is 8.19. The lowest BCUT2D eigenvalue weighted by Crippen LogP contribution is -2.40. The summed E-state index contributed by atoms with van der Waals surface area (Å²) < 4.78 is 15.6. The number of carbonyl (C=O) groups excluding carboxylic acids is 1. The van der Waals surface area contributed by atoms with Crippen LogP contribution in [0.3, 0.4) is 0 Å².